The number of ether oxygens (including phenoxy) is 2. The summed E-state index contributed by atoms with van der Waals surface area (Å²) in [7, 11) is 1.51. The van der Waals surface area contributed by atoms with E-state index in [1.807, 2.05) is 0 Å². The number of carbonyl (C=O) groups is 3. The van der Waals surface area contributed by atoms with Crippen LogP contribution in [-0.4, -0.2) is 31.6 Å². The Hall–Kier alpha value is -3.87. The van der Waals surface area contributed by atoms with Crippen molar-refractivity contribution in [2.45, 2.75) is 0 Å². The number of methoxy groups -OCH3 is 1. The highest BCUT2D eigenvalue weighted by Crippen LogP contribution is 2.24. The molecule has 1 saturated heterocycles. The van der Waals surface area contributed by atoms with Crippen LogP contribution in [0, 0.1) is 0 Å². The molecule has 0 aliphatic carbocycles. The van der Waals surface area contributed by atoms with Crippen molar-refractivity contribution in [3.63, 3.8) is 0 Å². The molecule has 1 aliphatic heterocycles. The summed E-state index contributed by atoms with van der Waals surface area (Å²) < 4.78 is 10.5. The van der Waals surface area contributed by atoms with Gasteiger partial charge in [0.25, 0.3) is 11.8 Å². The molecule has 2 aromatic carbocycles. The number of anilines is 1. The van der Waals surface area contributed by atoms with Crippen LogP contribution in [0.4, 0.5) is 10.5 Å². The zero-order chi connectivity index (χ0) is 20.1. The largest absolute Gasteiger partial charge is 0.497 e. The number of hydrogen-bond donors (Lipinski definition) is 1. The first-order chi connectivity index (χ1) is 13.5. The number of nitrogens with zero attached hydrogens (tertiary/aromatic N) is 1. The van der Waals surface area contributed by atoms with Gasteiger partial charge in [0, 0.05) is 0 Å². The lowest BCUT2D eigenvalue weighted by atomic mass is 10.1. The van der Waals surface area contributed by atoms with Gasteiger partial charge in [0.2, 0.25) is 0 Å². The summed E-state index contributed by atoms with van der Waals surface area (Å²) in [6.07, 6.45) is 3.03. The van der Waals surface area contributed by atoms with E-state index in [0.29, 0.717) is 29.4 Å². The van der Waals surface area contributed by atoms with Crippen LogP contribution < -0.4 is 19.7 Å². The smallest absolute Gasteiger partial charge is 0.335 e. The summed E-state index contributed by atoms with van der Waals surface area (Å²) in [5, 5.41) is 2.19. The Morgan fingerprint density at radius 3 is 2.50 bits per heavy atom. The molecule has 1 fully saturated rings. The number of carbonyl (C=O) groups excluding carboxylic acids is 3. The Balaban J connectivity index is 1.93. The van der Waals surface area contributed by atoms with Gasteiger partial charge in [0.15, 0.2) is 0 Å². The Labute approximate surface area is 161 Å². The zero-order valence-electron chi connectivity index (χ0n) is 15.2. The minimum absolute atomic E-state index is 0.156. The van der Waals surface area contributed by atoms with Crippen molar-refractivity contribution in [3.8, 4) is 11.5 Å². The van der Waals surface area contributed by atoms with E-state index >= 15 is 0 Å². The van der Waals surface area contributed by atoms with E-state index in [0.717, 1.165) is 4.90 Å². The fourth-order valence-electron chi connectivity index (χ4n) is 2.64. The number of hydrogen-bond acceptors (Lipinski definition) is 5. The molecule has 1 heterocycles. The van der Waals surface area contributed by atoms with Crippen molar-refractivity contribution in [1.82, 2.24) is 5.32 Å². The molecular formula is C21H18N2O5. The highest BCUT2D eigenvalue weighted by molar-refractivity contribution is 6.39. The summed E-state index contributed by atoms with van der Waals surface area (Å²) in [5.74, 6) is -0.314. The lowest BCUT2D eigenvalue weighted by Crippen LogP contribution is -2.54. The molecule has 0 aromatic heterocycles. The van der Waals surface area contributed by atoms with Gasteiger partial charge in [0.1, 0.15) is 23.7 Å². The fraction of sp³-hybridized carbons (Fsp3) is 0.0952. The van der Waals surface area contributed by atoms with E-state index in [-0.39, 0.29) is 5.57 Å². The average Bonchev–Trinajstić information content (AvgIpc) is 2.70. The monoisotopic (exact) mass is 378 g/mol. The Morgan fingerprint density at radius 2 is 1.82 bits per heavy atom. The van der Waals surface area contributed by atoms with E-state index in [1.54, 1.807) is 54.6 Å². The van der Waals surface area contributed by atoms with Gasteiger partial charge in [-0.2, -0.15) is 0 Å². The Bertz CT molecular complexity index is 963. The molecule has 3 rings (SSSR count). The molecule has 7 heteroatoms. The van der Waals surface area contributed by atoms with E-state index in [2.05, 4.69) is 11.9 Å². The summed E-state index contributed by atoms with van der Waals surface area (Å²) in [6, 6.07) is 12.5. The molecule has 0 unspecified atom stereocenters. The molecule has 0 bridgehead atoms. The predicted octanol–water partition coefficient (Wildman–Crippen LogP) is 2.93. The summed E-state index contributed by atoms with van der Waals surface area (Å²) in [4.78, 5) is 38.2. The number of benzene rings is 2. The first-order valence-corrected chi connectivity index (χ1v) is 8.42. The van der Waals surface area contributed by atoms with Crippen molar-refractivity contribution in [3.05, 3.63) is 72.3 Å². The second kappa shape index (κ2) is 8.22. The molecule has 1 aliphatic rings. The van der Waals surface area contributed by atoms with Crippen molar-refractivity contribution in [1.29, 1.82) is 0 Å². The third-order valence-corrected chi connectivity index (χ3v) is 3.97. The van der Waals surface area contributed by atoms with Crippen molar-refractivity contribution in [2.75, 3.05) is 18.6 Å². The minimum atomic E-state index is -0.805. The van der Waals surface area contributed by atoms with Crippen LogP contribution in [-0.2, 0) is 9.59 Å². The second-order valence-electron chi connectivity index (χ2n) is 5.83. The van der Waals surface area contributed by atoms with Crippen molar-refractivity contribution < 1.29 is 23.9 Å². The van der Waals surface area contributed by atoms with Gasteiger partial charge < -0.3 is 9.47 Å². The molecule has 4 amide bonds. The van der Waals surface area contributed by atoms with Crippen LogP contribution in [0.5, 0.6) is 11.5 Å². The number of amides is 4. The molecular weight excluding hydrogens is 360 g/mol. The molecule has 0 atom stereocenters. The molecule has 28 heavy (non-hydrogen) atoms. The minimum Gasteiger partial charge on any atom is -0.497 e. The Kier molecular flexibility index (Phi) is 5.55. The summed E-state index contributed by atoms with van der Waals surface area (Å²) in [5.41, 5.74) is 0.755. The number of urea groups is 1. The van der Waals surface area contributed by atoms with Crippen LogP contribution in [0.1, 0.15) is 5.56 Å². The lowest BCUT2D eigenvalue weighted by molar-refractivity contribution is -0.122. The van der Waals surface area contributed by atoms with Gasteiger partial charge >= 0.3 is 6.03 Å². The SMILES string of the molecule is C=CCOc1cccc(/C=C2/C(=O)NC(=O)N(c3ccc(OC)cc3)C2=O)c1. The second-order valence-corrected chi connectivity index (χ2v) is 5.83. The Morgan fingerprint density at radius 1 is 1.07 bits per heavy atom. The number of nitrogens with one attached hydrogen (secondary N) is 1. The van der Waals surface area contributed by atoms with Gasteiger partial charge in [-0.3, -0.25) is 14.9 Å². The van der Waals surface area contributed by atoms with Crippen LogP contribution in [0.15, 0.2) is 66.8 Å². The zero-order valence-corrected chi connectivity index (χ0v) is 15.2. The highest BCUT2D eigenvalue weighted by Gasteiger charge is 2.36. The molecule has 7 nitrogen and oxygen atoms in total. The van der Waals surface area contributed by atoms with Crippen LogP contribution in [0.25, 0.3) is 6.08 Å². The maximum Gasteiger partial charge on any atom is 0.335 e. The van der Waals surface area contributed by atoms with Crippen molar-refractivity contribution >= 4 is 29.6 Å². The first kappa shape index (κ1) is 18.9. The number of imide groups is 2. The van der Waals surface area contributed by atoms with Crippen LogP contribution >= 0.6 is 0 Å². The lowest BCUT2D eigenvalue weighted by Gasteiger charge is -2.26. The molecule has 2 aromatic rings. The van der Waals surface area contributed by atoms with E-state index < -0.39 is 17.8 Å². The van der Waals surface area contributed by atoms with E-state index in [1.165, 1.54) is 13.2 Å². The molecule has 142 valence electrons. The molecule has 0 radical (unpaired) electrons. The van der Waals surface area contributed by atoms with Gasteiger partial charge in [-0.25, -0.2) is 9.69 Å². The summed E-state index contributed by atoms with van der Waals surface area (Å²) >= 11 is 0. The molecule has 1 N–H and O–H groups in total. The van der Waals surface area contributed by atoms with Crippen LogP contribution in [0.3, 0.4) is 0 Å². The van der Waals surface area contributed by atoms with Crippen LogP contribution in [0.2, 0.25) is 0 Å². The predicted molar refractivity (Wildman–Crippen MR) is 104 cm³/mol. The van der Waals surface area contributed by atoms with Gasteiger partial charge in [-0.05, 0) is 48.0 Å². The third-order valence-electron chi connectivity index (χ3n) is 3.97. The average molecular weight is 378 g/mol. The van der Waals surface area contributed by atoms with Gasteiger partial charge in [-0.15, -0.1) is 0 Å². The molecule has 0 spiro atoms. The van der Waals surface area contributed by atoms with Crippen molar-refractivity contribution in [2.24, 2.45) is 0 Å². The van der Waals surface area contributed by atoms with Gasteiger partial charge in [0.05, 0.1) is 12.8 Å². The standard InChI is InChI=1S/C21H18N2O5/c1-3-11-28-17-6-4-5-14(12-17)13-18-19(24)22-21(26)23(20(18)25)15-7-9-16(27-2)10-8-15/h3-10,12-13H,1,11H2,2H3,(H,22,24,26)/b18-13-. The van der Waals surface area contributed by atoms with E-state index in [4.69, 9.17) is 9.47 Å². The normalized spacial score (nSPS) is 15.4. The fourth-order valence-corrected chi connectivity index (χ4v) is 2.64. The maximum atomic E-state index is 12.9. The number of rotatable bonds is 6. The first-order valence-electron chi connectivity index (χ1n) is 8.42. The number of barbiturate groups is 1. The summed E-state index contributed by atoms with van der Waals surface area (Å²) in [6.45, 7) is 3.92. The quantitative estimate of drug-likeness (QED) is 0.475. The van der Waals surface area contributed by atoms with E-state index in [9.17, 15) is 14.4 Å². The maximum absolute atomic E-state index is 12.9. The third kappa shape index (κ3) is 3.93. The topological polar surface area (TPSA) is 84.9 Å². The molecule has 0 saturated carbocycles. The van der Waals surface area contributed by atoms with Gasteiger partial charge in [-0.1, -0.05) is 24.8 Å². The highest BCUT2D eigenvalue weighted by atomic mass is 16.5.